The third-order valence-electron chi connectivity index (χ3n) is 2.21. The summed E-state index contributed by atoms with van der Waals surface area (Å²) in [5, 5.41) is 0. The number of ether oxygens (including phenoxy) is 1. The van der Waals surface area contributed by atoms with Crippen molar-refractivity contribution in [1.29, 1.82) is 0 Å². The van der Waals surface area contributed by atoms with E-state index in [0.29, 0.717) is 6.61 Å². The molecule has 0 radical (unpaired) electrons. The fourth-order valence-corrected chi connectivity index (χ4v) is 1.38. The van der Waals surface area contributed by atoms with Crippen LogP contribution in [0.2, 0.25) is 0 Å². The number of benzene rings is 1. The summed E-state index contributed by atoms with van der Waals surface area (Å²) in [6.07, 6.45) is 0.893. The number of nitrogens with two attached hydrogens (primary N) is 1. The van der Waals surface area contributed by atoms with E-state index >= 15 is 0 Å². The van der Waals surface area contributed by atoms with Gasteiger partial charge >= 0.3 is 0 Å². The highest BCUT2D eigenvalue weighted by Gasteiger charge is 2.06. The third-order valence-corrected chi connectivity index (χ3v) is 2.21. The second-order valence-electron chi connectivity index (χ2n) is 3.51. The first-order valence-electron chi connectivity index (χ1n) is 4.77. The SMILES string of the molecule is COCC(Cc1ccc(C)cc1)NN. The van der Waals surface area contributed by atoms with Crippen LogP contribution in [-0.2, 0) is 11.2 Å². The van der Waals surface area contributed by atoms with Crippen molar-refractivity contribution in [3.05, 3.63) is 35.4 Å². The fraction of sp³-hybridized carbons (Fsp3) is 0.455. The number of aryl methyl sites for hydroxylation is 1. The number of nitrogens with one attached hydrogen (secondary N) is 1. The molecule has 0 spiro atoms. The summed E-state index contributed by atoms with van der Waals surface area (Å²) < 4.78 is 5.05. The molecule has 1 unspecified atom stereocenters. The van der Waals surface area contributed by atoms with E-state index in [2.05, 4.69) is 36.6 Å². The zero-order valence-electron chi connectivity index (χ0n) is 8.79. The Bertz CT molecular complexity index is 258. The van der Waals surface area contributed by atoms with Crippen LogP contribution in [0.25, 0.3) is 0 Å². The Morgan fingerprint density at radius 2 is 2.00 bits per heavy atom. The van der Waals surface area contributed by atoms with Crippen LogP contribution < -0.4 is 11.3 Å². The first-order valence-corrected chi connectivity index (χ1v) is 4.77. The van der Waals surface area contributed by atoms with Crippen molar-refractivity contribution in [1.82, 2.24) is 5.43 Å². The molecule has 0 saturated heterocycles. The quantitative estimate of drug-likeness (QED) is 0.543. The summed E-state index contributed by atoms with van der Waals surface area (Å²) in [7, 11) is 1.68. The van der Waals surface area contributed by atoms with Crippen LogP contribution in [0.3, 0.4) is 0 Å². The Morgan fingerprint density at radius 3 is 2.50 bits per heavy atom. The Hall–Kier alpha value is -0.900. The first kappa shape index (κ1) is 11.2. The lowest BCUT2D eigenvalue weighted by Crippen LogP contribution is -2.40. The van der Waals surface area contributed by atoms with E-state index < -0.39 is 0 Å². The fourth-order valence-electron chi connectivity index (χ4n) is 1.38. The van der Waals surface area contributed by atoms with Gasteiger partial charge in [0, 0.05) is 13.2 Å². The molecule has 0 fully saturated rings. The highest BCUT2D eigenvalue weighted by atomic mass is 16.5. The van der Waals surface area contributed by atoms with Crippen LogP contribution in [0.15, 0.2) is 24.3 Å². The van der Waals surface area contributed by atoms with E-state index in [1.807, 2.05) is 0 Å². The molecule has 0 aromatic heterocycles. The molecule has 0 aliphatic heterocycles. The van der Waals surface area contributed by atoms with Crippen LogP contribution in [0.4, 0.5) is 0 Å². The molecule has 0 aliphatic carbocycles. The summed E-state index contributed by atoms with van der Waals surface area (Å²) in [5.74, 6) is 5.41. The second kappa shape index (κ2) is 5.75. The standard InChI is InChI=1S/C11H18N2O/c1-9-3-5-10(6-4-9)7-11(13-12)8-14-2/h3-6,11,13H,7-8,12H2,1-2H3. The van der Waals surface area contributed by atoms with E-state index in [1.54, 1.807) is 7.11 Å². The molecular weight excluding hydrogens is 176 g/mol. The molecule has 3 heteroatoms. The van der Waals surface area contributed by atoms with Gasteiger partial charge in [-0.25, -0.2) is 0 Å². The van der Waals surface area contributed by atoms with Crippen molar-refractivity contribution < 1.29 is 4.74 Å². The normalized spacial score (nSPS) is 12.8. The van der Waals surface area contributed by atoms with Crippen molar-refractivity contribution in [2.24, 2.45) is 5.84 Å². The van der Waals surface area contributed by atoms with Gasteiger partial charge in [-0.15, -0.1) is 0 Å². The minimum absolute atomic E-state index is 0.183. The predicted molar refractivity (Wildman–Crippen MR) is 57.9 cm³/mol. The average molecular weight is 194 g/mol. The lowest BCUT2D eigenvalue weighted by atomic mass is 10.1. The van der Waals surface area contributed by atoms with Gasteiger partial charge in [-0.2, -0.15) is 0 Å². The van der Waals surface area contributed by atoms with E-state index in [4.69, 9.17) is 10.6 Å². The first-order chi connectivity index (χ1) is 6.76. The topological polar surface area (TPSA) is 47.3 Å². The van der Waals surface area contributed by atoms with Crippen LogP contribution >= 0.6 is 0 Å². The smallest absolute Gasteiger partial charge is 0.0632 e. The van der Waals surface area contributed by atoms with Gasteiger partial charge in [0.1, 0.15) is 0 Å². The maximum Gasteiger partial charge on any atom is 0.0632 e. The van der Waals surface area contributed by atoms with Crippen LogP contribution in [0.5, 0.6) is 0 Å². The predicted octanol–water partition coefficient (Wildman–Crippen LogP) is 1.02. The number of rotatable bonds is 5. The maximum atomic E-state index is 5.41. The van der Waals surface area contributed by atoms with Gasteiger partial charge in [0.05, 0.1) is 6.61 Å². The minimum atomic E-state index is 0.183. The number of hydrazine groups is 1. The molecule has 3 nitrogen and oxygen atoms in total. The van der Waals surface area contributed by atoms with Crippen LogP contribution in [0, 0.1) is 6.92 Å². The van der Waals surface area contributed by atoms with Gasteiger partial charge in [-0.1, -0.05) is 29.8 Å². The summed E-state index contributed by atoms with van der Waals surface area (Å²) in [6, 6.07) is 8.64. The second-order valence-corrected chi connectivity index (χ2v) is 3.51. The molecule has 78 valence electrons. The molecule has 0 heterocycles. The maximum absolute atomic E-state index is 5.41. The van der Waals surface area contributed by atoms with Gasteiger partial charge in [0.2, 0.25) is 0 Å². The zero-order chi connectivity index (χ0) is 10.4. The van der Waals surface area contributed by atoms with Crippen LogP contribution in [0.1, 0.15) is 11.1 Å². The van der Waals surface area contributed by atoms with Gasteiger partial charge in [-0.05, 0) is 18.9 Å². The molecule has 1 rings (SSSR count). The van der Waals surface area contributed by atoms with Crippen molar-refractivity contribution >= 4 is 0 Å². The van der Waals surface area contributed by atoms with Crippen molar-refractivity contribution in [3.63, 3.8) is 0 Å². The number of hydrogen-bond acceptors (Lipinski definition) is 3. The van der Waals surface area contributed by atoms with Gasteiger partial charge in [0.25, 0.3) is 0 Å². The van der Waals surface area contributed by atoms with Gasteiger partial charge in [-0.3, -0.25) is 11.3 Å². The van der Waals surface area contributed by atoms with Gasteiger partial charge in [0.15, 0.2) is 0 Å². The lowest BCUT2D eigenvalue weighted by Gasteiger charge is -2.14. The van der Waals surface area contributed by atoms with E-state index in [1.165, 1.54) is 11.1 Å². The van der Waals surface area contributed by atoms with E-state index in [0.717, 1.165) is 6.42 Å². The monoisotopic (exact) mass is 194 g/mol. The third kappa shape index (κ3) is 3.46. The van der Waals surface area contributed by atoms with Crippen molar-refractivity contribution in [3.8, 4) is 0 Å². The summed E-state index contributed by atoms with van der Waals surface area (Å²) in [5.41, 5.74) is 5.29. The summed E-state index contributed by atoms with van der Waals surface area (Å²) in [4.78, 5) is 0. The average Bonchev–Trinajstić information content (AvgIpc) is 2.20. The zero-order valence-corrected chi connectivity index (χ0v) is 8.79. The summed E-state index contributed by atoms with van der Waals surface area (Å²) in [6.45, 7) is 2.71. The molecule has 1 aromatic carbocycles. The Morgan fingerprint density at radius 1 is 1.36 bits per heavy atom. The van der Waals surface area contributed by atoms with Crippen molar-refractivity contribution in [2.75, 3.05) is 13.7 Å². The largest absolute Gasteiger partial charge is 0.383 e. The van der Waals surface area contributed by atoms with Gasteiger partial charge < -0.3 is 4.74 Å². The highest BCUT2D eigenvalue weighted by molar-refractivity contribution is 5.22. The molecule has 1 atom stereocenters. The molecule has 0 bridgehead atoms. The Kier molecular flexibility index (Phi) is 4.59. The molecule has 14 heavy (non-hydrogen) atoms. The molecule has 3 N–H and O–H groups in total. The molecular formula is C11H18N2O. The van der Waals surface area contributed by atoms with Crippen molar-refractivity contribution in [2.45, 2.75) is 19.4 Å². The molecule has 0 amide bonds. The summed E-state index contributed by atoms with van der Waals surface area (Å²) >= 11 is 0. The van der Waals surface area contributed by atoms with Crippen LogP contribution in [-0.4, -0.2) is 19.8 Å². The minimum Gasteiger partial charge on any atom is -0.383 e. The Labute approximate surface area is 85.2 Å². The molecule has 0 saturated carbocycles. The number of methoxy groups -OCH3 is 1. The highest BCUT2D eigenvalue weighted by Crippen LogP contribution is 2.05. The van der Waals surface area contributed by atoms with E-state index in [-0.39, 0.29) is 6.04 Å². The molecule has 0 aliphatic rings. The van der Waals surface area contributed by atoms with E-state index in [9.17, 15) is 0 Å². The number of hydrogen-bond donors (Lipinski definition) is 2. The molecule has 1 aromatic rings. The lowest BCUT2D eigenvalue weighted by molar-refractivity contribution is 0.166. The Balaban J connectivity index is 2.53.